The summed E-state index contributed by atoms with van der Waals surface area (Å²) in [6, 6.07) is 6.20. The summed E-state index contributed by atoms with van der Waals surface area (Å²) < 4.78 is 5.57. The third-order valence-electron chi connectivity index (χ3n) is 2.49. The molecule has 3 heteroatoms. The van der Waals surface area contributed by atoms with Crippen molar-refractivity contribution < 1.29 is 4.74 Å². The van der Waals surface area contributed by atoms with Gasteiger partial charge in [0.1, 0.15) is 0 Å². The minimum atomic E-state index is 0.718. The number of nitrogens with two attached hydrogens (primary N) is 1. The van der Waals surface area contributed by atoms with Crippen molar-refractivity contribution in [2.75, 3.05) is 24.7 Å². The van der Waals surface area contributed by atoms with E-state index in [0.29, 0.717) is 0 Å². The van der Waals surface area contributed by atoms with Crippen molar-refractivity contribution in [1.29, 1.82) is 0 Å². The normalized spacial score (nSPS) is 11.1. The number of rotatable bonds is 7. The fourth-order valence-corrected chi connectivity index (χ4v) is 2.24. The Labute approximate surface area is 109 Å². The molecule has 0 aliphatic carbocycles. The van der Waals surface area contributed by atoms with Crippen molar-refractivity contribution >= 4 is 17.4 Å². The molecular formula is C14H23NOS. The van der Waals surface area contributed by atoms with Gasteiger partial charge in [-0.2, -0.15) is 0 Å². The number of thioether (sulfide) groups is 1. The van der Waals surface area contributed by atoms with E-state index in [4.69, 9.17) is 10.5 Å². The van der Waals surface area contributed by atoms with Crippen molar-refractivity contribution in [2.24, 2.45) is 5.92 Å². The zero-order chi connectivity index (χ0) is 12.7. The molecule has 1 aromatic rings. The lowest BCUT2D eigenvalue weighted by molar-refractivity contribution is 0.138. The van der Waals surface area contributed by atoms with Crippen molar-refractivity contribution in [1.82, 2.24) is 0 Å². The molecule has 0 fully saturated rings. The first kappa shape index (κ1) is 14.4. The number of hydrogen-bond acceptors (Lipinski definition) is 3. The Kier molecular flexibility index (Phi) is 6.45. The molecule has 0 aromatic heterocycles. The van der Waals surface area contributed by atoms with Crippen LogP contribution >= 0.6 is 11.8 Å². The van der Waals surface area contributed by atoms with Crippen molar-refractivity contribution in [2.45, 2.75) is 32.1 Å². The number of aryl methyl sites for hydroxylation is 1. The molecule has 0 bridgehead atoms. The molecule has 1 aromatic carbocycles. The van der Waals surface area contributed by atoms with Crippen LogP contribution < -0.4 is 5.73 Å². The zero-order valence-corrected chi connectivity index (χ0v) is 11.8. The summed E-state index contributed by atoms with van der Waals surface area (Å²) in [7, 11) is 0. The van der Waals surface area contributed by atoms with Crippen LogP contribution in [0.5, 0.6) is 0 Å². The average molecular weight is 253 g/mol. The molecule has 0 radical (unpaired) electrons. The number of ether oxygens (including phenoxy) is 1. The Morgan fingerprint density at radius 1 is 1.29 bits per heavy atom. The lowest BCUT2D eigenvalue weighted by atomic mass is 10.1. The molecule has 96 valence electrons. The monoisotopic (exact) mass is 253 g/mol. The van der Waals surface area contributed by atoms with Gasteiger partial charge in [0, 0.05) is 22.9 Å². The summed E-state index contributed by atoms with van der Waals surface area (Å²) in [4.78, 5) is 1.16. The molecular weight excluding hydrogens is 230 g/mol. The molecule has 0 saturated heterocycles. The summed E-state index contributed by atoms with van der Waals surface area (Å²) >= 11 is 1.76. The number of benzene rings is 1. The van der Waals surface area contributed by atoms with E-state index in [1.54, 1.807) is 11.8 Å². The molecule has 0 aliphatic rings. The van der Waals surface area contributed by atoms with Gasteiger partial charge in [0.15, 0.2) is 0 Å². The first-order valence-electron chi connectivity index (χ1n) is 6.16. The second kappa shape index (κ2) is 7.62. The van der Waals surface area contributed by atoms with E-state index in [2.05, 4.69) is 32.9 Å². The summed E-state index contributed by atoms with van der Waals surface area (Å²) in [6.45, 7) is 8.14. The molecule has 1 rings (SSSR count). The van der Waals surface area contributed by atoms with Crippen LogP contribution in [-0.4, -0.2) is 19.0 Å². The van der Waals surface area contributed by atoms with E-state index in [9.17, 15) is 0 Å². The lowest BCUT2D eigenvalue weighted by Gasteiger charge is -2.08. The van der Waals surface area contributed by atoms with Crippen LogP contribution in [0, 0.1) is 12.8 Å². The fraction of sp³-hybridized carbons (Fsp3) is 0.571. The smallest absolute Gasteiger partial charge is 0.0560 e. The Hall–Kier alpha value is -0.670. The third kappa shape index (κ3) is 5.99. The number of nitrogen functional groups attached to an aromatic ring is 1. The van der Waals surface area contributed by atoms with Crippen molar-refractivity contribution in [3.63, 3.8) is 0 Å². The zero-order valence-electron chi connectivity index (χ0n) is 11.0. The summed E-state index contributed by atoms with van der Waals surface area (Å²) in [6.07, 6.45) is 1.14. The lowest BCUT2D eigenvalue weighted by Crippen LogP contribution is -2.02. The summed E-state index contributed by atoms with van der Waals surface area (Å²) in [5.41, 5.74) is 8.02. The predicted molar refractivity (Wildman–Crippen MR) is 76.6 cm³/mol. The molecule has 0 saturated carbocycles. The maximum Gasteiger partial charge on any atom is 0.0560 e. The topological polar surface area (TPSA) is 35.2 Å². The highest BCUT2D eigenvalue weighted by Crippen LogP contribution is 2.25. The number of anilines is 1. The van der Waals surface area contributed by atoms with Crippen LogP contribution in [0.3, 0.4) is 0 Å². The Morgan fingerprint density at radius 2 is 2.06 bits per heavy atom. The highest BCUT2D eigenvalue weighted by molar-refractivity contribution is 7.99. The SMILES string of the molecule is Cc1ccc(SCCOCCC(C)C)c(N)c1. The van der Waals surface area contributed by atoms with Gasteiger partial charge < -0.3 is 10.5 Å². The Morgan fingerprint density at radius 3 is 2.71 bits per heavy atom. The van der Waals surface area contributed by atoms with Crippen LogP contribution in [0.1, 0.15) is 25.8 Å². The first-order valence-corrected chi connectivity index (χ1v) is 7.15. The van der Waals surface area contributed by atoms with E-state index < -0.39 is 0 Å². The van der Waals surface area contributed by atoms with E-state index in [-0.39, 0.29) is 0 Å². The molecule has 0 amide bonds. The van der Waals surface area contributed by atoms with Gasteiger partial charge in [-0.3, -0.25) is 0 Å². The van der Waals surface area contributed by atoms with Gasteiger partial charge in [0.05, 0.1) is 6.61 Å². The molecule has 2 nitrogen and oxygen atoms in total. The van der Waals surface area contributed by atoms with Crippen molar-refractivity contribution in [3.8, 4) is 0 Å². The van der Waals surface area contributed by atoms with Crippen molar-refractivity contribution in [3.05, 3.63) is 23.8 Å². The average Bonchev–Trinajstić information content (AvgIpc) is 2.25. The first-order chi connectivity index (χ1) is 8.09. The van der Waals surface area contributed by atoms with Gasteiger partial charge in [0.2, 0.25) is 0 Å². The van der Waals surface area contributed by atoms with Gasteiger partial charge in [-0.15, -0.1) is 11.8 Å². The van der Waals surface area contributed by atoms with Gasteiger partial charge in [0.25, 0.3) is 0 Å². The van der Waals surface area contributed by atoms with E-state index >= 15 is 0 Å². The van der Waals surface area contributed by atoms with Gasteiger partial charge in [-0.05, 0) is 37.0 Å². The largest absolute Gasteiger partial charge is 0.398 e. The second-order valence-corrected chi connectivity index (χ2v) is 5.82. The summed E-state index contributed by atoms with van der Waals surface area (Å²) in [5, 5.41) is 0. The molecule has 0 spiro atoms. The maximum atomic E-state index is 5.94. The third-order valence-corrected chi connectivity index (χ3v) is 3.54. The second-order valence-electron chi connectivity index (χ2n) is 4.68. The minimum absolute atomic E-state index is 0.718. The van der Waals surface area contributed by atoms with Gasteiger partial charge >= 0.3 is 0 Å². The summed E-state index contributed by atoms with van der Waals surface area (Å²) in [5.74, 6) is 1.68. The quantitative estimate of drug-likeness (QED) is 0.457. The molecule has 17 heavy (non-hydrogen) atoms. The molecule has 0 unspecified atom stereocenters. The van der Waals surface area contributed by atoms with Crippen LogP contribution in [0.2, 0.25) is 0 Å². The highest BCUT2D eigenvalue weighted by atomic mass is 32.2. The Balaban J connectivity index is 2.18. The van der Waals surface area contributed by atoms with E-state index in [1.807, 2.05) is 6.07 Å². The highest BCUT2D eigenvalue weighted by Gasteiger charge is 2.00. The Bertz CT molecular complexity index is 339. The number of hydrogen-bond donors (Lipinski definition) is 1. The molecule has 0 atom stereocenters. The predicted octanol–water partition coefficient (Wildman–Crippen LogP) is 3.73. The molecule has 0 aliphatic heterocycles. The molecule has 2 N–H and O–H groups in total. The van der Waals surface area contributed by atoms with E-state index in [0.717, 1.165) is 41.9 Å². The minimum Gasteiger partial charge on any atom is -0.398 e. The van der Waals surface area contributed by atoms with Gasteiger partial charge in [-0.1, -0.05) is 19.9 Å². The van der Waals surface area contributed by atoms with Crippen LogP contribution in [0.4, 0.5) is 5.69 Å². The standard InChI is InChI=1S/C14H23NOS/c1-11(2)6-7-16-8-9-17-14-5-4-12(3)10-13(14)15/h4-5,10-11H,6-9,15H2,1-3H3. The van der Waals surface area contributed by atoms with Crippen LogP contribution in [0.25, 0.3) is 0 Å². The van der Waals surface area contributed by atoms with Crippen LogP contribution in [0.15, 0.2) is 23.1 Å². The van der Waals surface area contributed by atoms with E-state index in [1.165, 1.54) is 5.56 Å². The van der Waals surface area contributed by atoms with Gasteiger partial charge in [-0.25, -0.2) is 0 Å². The maximum absolute atomic E-state index is 5.94. The molecule has 0 heterocycles. The van der Waals surface area contributed by atoms with Crippen LogP contribution in [-0.2, 0) is 4.74 Å². The fourth-order valence-electron chi connectivity index (χ4n) is 1.43.